The number of anilines is 1. The predicted octanol–water partition coefficient (Wildman–Crippen LogP) is 2.90. The molecule has 0 radical (unpaired) electrons. The first kappa shape index (κ1) is 21.6. The third kappa shape index (κ3) is 4.78. The predicted molar refractivity (Wildman–Crippen MR) is 105 cm³/mol. The molecule has 0 aliphatic heterocycles. The summed E-state index contributed by atoms with van der Waals surface area (Å²) >= 11 is 0. The number of carbonyl (C=O) groups excluding carboxylic acids is 4. The Hall–Kier alpha value is -3.68. The average molecular weight is 399 g/mol. The molecule has 2 rings (SSSR count). The fourth-order valence-corrected chi connectivity index (χ4v) is 2.66. The van der Waals surface area contributed by atoms with E-state index in [-0.39, 0.29) is 28.4 Å². The number of carbonyl (C=O) groups is 4. The largest absolute Gasteiger partial charge is 0.493 e. The van der Waals surface area contributed by atoms with Crippen LogP contribution in [0.4, 0.5) is 5.69 Å². The van der Waals surface area contributed by atoms with E-state index in [0.29, 0.717) is 17.5 Å². The Morgan fingerprint density at radius 1 is 1.03 bits per heavy atom. The molecular weight excluding hydrogens is 378 g/mol. The van der Waals surface area contributed by atoms with Crippen LogP contribution < -0.4 is 14.8 Å². The van der Waals surface area contributed by atoms with E-state index in [0.717, 1.165) is 0 Å². The highest BCUT2D eigenvalue weighted by Gasteiger charge is 2.26. The van der Waals surface area contributed by atoms with Crippen molar-refractivity contribution < 1.29 is 33.4 Å². The van der Waals surface area contributed by atoms with Gasteiger partial charge in [-0.25, -0.2) is 4.79 Å². The lowest BCUT2D eigenvalue weighted by molar-refractivity contribution is -0.123. The number of methoxy groups -OCH3 is 2. The third-order valence-corrected chi connectivity index (χ3v) is 4.13. The van der Waals surface area contributed by atoms with Gasteiger partial charge >= 0.3 is 5.97 Å². The van der Waals surface area contributed by atoms with Gasteiger partial charge < -0.3 is 19.5 Å². The summed E-state index contributed by atoms with van der Waals surface area (Å²) in [7, 11) is 2.70. The molecule has 8 heteroatoms. The summed E-state index contributed by atoms with van der Waals surface area (Å²) in [4.78, 5) is 48.2. The minimum absolute atomic E-state index is 0.0247. The lowest BCUT2D eigenvalue weighted by Gasteiger charge is -2.17. The molecule has 2 aromatic rings. The summed E-state index contributed by atoms with van der Waals surface area (Å²) in [5.41, 5.74) is 0.519. The molecule has 0 unspecified atom stereocenters. The van der Waals surface area contributed by atoms with Crippen LogP contribution in [0.25, 0.3) is 0 Å². The number of benzene rings is 2. The zero-order chi connectivity index (χ0) is 21.6. The van der Waals surface area contributed by atoms with E-state index in [1.54, 1.807) is 24.3 Å². The molecule has 0 fully saturated rings. The molecule has 1 N–H and O–H groups in total. The third-order valence-electron chi connectivity index (χ3n) is 4.13. The van der Waals surface area contributed by atoms with Crippen LogP contribution in [0.2, 0.25) is 0 Å². The van der Waals surface area contributed by atoms with E-state index in [1.165, 1.54) is 40.2 Å². The quantitative estimate of drug-likeness (QED) is 0.413. The minimum Gasteiger partial charge on any atom is -0.493 e. The van der Waals surface area contributed by atoms with Crippen LogP contribution in [0.3, 0.4) is 0 Å². The maximum absolute atomic E-state index is 12.7. The standard InChI is InChI=1S/C21H21NO7/c1-12(24)15-7-5-6-8-16(15)22-20(25)13(2)29-21(26)18-14(11-23)9-10-17(27-3)19(18)28-4/h5-11,13H,1-4H3,(H,22,25)/t13-/m1/s1. The molecule has 0 spiro atoms. The smallest absolute Gasteiger partial charge is 0.343 e. The molecule has 0 bridgehead atoms. The van der Waals surface area contributed by atoms with Crippen molar-refractivity contribution in [3.05, 3.63) is 53.1 Å². The Morgan fingerprint density at radius 2 is 1.72 bits per heavy atom. The fourth-order valence-electron chi connectivity index (χ4n) is 2.66. The Labute approximate surface area is 167 Å². The van der Waals surface area contributed by atoms with Gasteiger partial charge in [-0.3, -0.25) is 14.4 Å². The SMILES string of the molecule is COc1ccc(C=O)c(C(=O)O[C@H](C)C(=O)Nc2ccccc2C(C)=O)c1OC. The molecule has 0 saturated carbocycles. The van der Waals surface area contributed by atoms with Gasteiger partial charge in [-0.15, -0.1) is 0 Å². The molecular formula is C21H21NO7. The summed E-state index contributed by atoms with van der Waals surface area (Å²) in [6, 6.07) is 9.35. The first-order chi connectivity index (χ1) is 13.8. The van der Waals surface area contributed by atoms with E-state index in [9.17, 15) is 19.2 Å². The van der Waals surface area contributed by atoms with Gasteiger partial charge in [0.15, 0.2) is 29.7 Å². The van der Waals surface area contributed by atoms with Crippen molar-refractivity contribution in [2.45, 2.75) is 20.0 Å². The summed E-state index contributed by atoms with van der Waals surface area (Å²) in [6.45, 7) is 2.75. The minimum atomic E-state index is -1.21. The van der Waals surface area contributed by atoms with Crippen molar-refractivity contribution in [2.75, 3.05) is 19.5 Å². The monoisotopic (exact) mass is 399 g/mol. The van der Waals surface area contributed by atoms with E-state index in [4.69, 9.17) is 14.2 Å². The molecule has 1 amide bonds. The Bertz CT molecular complexity index is 952. The molecule has 29 heavy (non-hydrogen) atoms. The highest BCUT2D eigenvalue weighted by Crippen LogP contribution is 2.33. The number of esters is 1. The highest BCUT2D eigenvalue weighted by molar-refractivity contribution is 6.06. The Balaban J connectivity index is 2.24. The summed E-state index contributed by atoms with van der Waals surface area (Å²) in [5, 5.41) is 2.57. The van der Waals surface area contributed by atoms with Crippen LogP contribution in [0.5, 0.6) is 11.5 Å². The molecule has 0 aromatic heterocycles. The second kappa shape index (κ2) is 9.50. The van der Waals surface area contributed by atoms with Crippen LogP contribution in [0.1, 0.15) is 44.9 Å². The van der Waals surface area contributed by atoms with Crippen LogP contribution in [-0.4, -0.2) is 44.3 Å². The number of amides is 1. The number of nitrogens with one attached hydrogen (secondary N) is 1. The van der Waals surface area contributed by atoms with E-state index in [1.807, 2.05) is 0 Å². The van der Waals surface area contributed by atoms with Crippen molar-refractivity contribution in [3.63, 3.8) is 0 Å². The van der Waals surface area contributed by atoms with Gasteiger partial charge in [0.1, 0.15) is 5.56 Å². The maximum Gasteiger partial charge on any atom is 0.343 e. The maximum atomic E-state index is 12.7. The van der Waals surface area contributed by atoms with Gasteiger partial charge in [0, 0.05) is 11.1 Å². The topological polar surface area (TPSA) is 108 Å². The van der Waals surface area contributed by atoms with Crippen LogP contribution in [-0.2, 0) is 9.53 Å². The summed E-state index contributed by atoms with van der Waals surface area (Å²) in [5.74, 6) is -1.52. The van der Waals surface area contributed by atoms with Crippen LogP contribution in [0.15, 0.2) is 36.4 Å². The van der Waals surface area contributed by atoms with Crippen LogP contribution in [0, 0.1) is 0 Å². The zero-order valence-corrected chi connectivity index (χ0v) is 16.5. The van der Waals surface area contributed by atoms with Gasteiger partial charge in [-0.05, 0) is 38.1 Å². The second-order valence-corrected chi connectivity index (χ2v) is 6.02. The summed E-state index contributed by atoms with van der Waals surface area (Å²) in [6.07, 6.45) is -0.732. The van der Waals surface area contributed by atoms with Gasteiger partial charge in [0.05, 0.1) is 19.9 Å². The van der Waals surface area contributed by atoms with Gasteiger partial charge in [-0.1, -0.05) is 12.1 Å². The number of ether oxygens (including phenoxy) is 3. The van der Waals surface area contributed by atoms with E-state index >= 15 is 0 Å². The van der Waals surface area contributed by atoms with Crippen molar-refractivity contribution in [3.8, 4) is 11.5 Å². The number of ketones is 1. The number of rotatable bonds is 8. The molecule has 0 heterocycles. The van der Waals surface area contributed by atoms with Gasteiger partial charge in [-0.2, -0.15) is 0 Å². The number of para-hydroxylation sites is 1. The Morgan fingerprint density at radius 3 is 2.31 bits per heavy atom. The normalized spacial score (nSPS) is 11.2. The first-order valence-corrected chi connectivity index (χ1v) is 8.66. The molecule has 0 saturated heterocycles. The number of hydrogen-bond acceptors (Lipinski definition) is 7. The molecule has 1 atom stereocenters. The van der Waals surface area contributed by atoms with Gasteiger partial charge in [0.2, 0.25) is 0 Å². The van der Waals surface area contributed by atoms with Crippen LogP contribution >= 0.6 is 0 Å². The van der Waals surface area contributed by atoms with Crippen molar-refractivity contribution in [1.29, 1.82) is 0 Å². The van der Waals surface area contributed by atoms with Gasteiger partial charge in [0.25, 0.3) is 5.91 Å². The number of hydrogen-bond donors (Lipinski definition) is 1. The number of aldehydes is 1. The fraction of sp³-hybridized carbons (Fsp3) is 0.238. The van der Waals surface area contributed by atoms with E-state index in [2.05, 4.69) is 5.32 Å². The van der Waals surface area contributed by atoms with Crippen molar-refractivity contribution in [1.82, 2.24) is 0 Å². The Kier molecular flexibility index (Phi) is 7.08. The first-order valence-electron chi connectivity index (χ1n) is 8.66. The molecule has 8 nitrogen and oxygen atoms in total. The summed E-state index contributed by atoms with van der Waals surface area (Å²) < 4.78 is 15.5. The molecule has 152 valence electrons. The molecule has 0 aliphatic carbocycles. The van der Waals surface area contributed by atoms with E-state index < -0.39 is 18.0 Å². The number of Topliss-reactive ketones (excluding diaryl/α,β-unsaturated/α-hetero) is 1. The molecule has 0 aliphatic rings. The van der Waals surface area contributed by atoms with Crippen molar-refractivity contribution >= 4 is 29.6 Å². The second-order valence-electron chi connectivity index (χ2n) is 6.02. The lowest BCUT2D eigenvalue weighted by atomic mass is 10.1. The highest BCUT2D eigenvalue weighted by atomic mass is 16.6. The lowest BCUT2D eigenvalue weighted by Crippen LogP contribution is -2.31. The average Bonchev–Trinajstić information content (AvgIpc) is 2.72. The molecule has 2 aromatic carbocycles. The zero-order valence-electron chi connectivity index (χ0n) is 16.5. The van der Waals surface area contributed by atoms with Crippen molar-refractivity contribution in [2.24, 2.45) is 0 Å².